The molecule has 0 saturated heterocycles. The van der Waals surface area contributed by atoms with E-state index in [2.05, 4.69) is 15.0 Å². The molecule has 0 amide bonds. The first-order valence-corrected chi connectivity index (χ1v) is 5.15. The highest BCUT2D eigenvalue weighted by atomic mass is 14.9. The molecule has 0 aliphatic rings. The summed E-state index contributed by atoms with van der Waals surface area (Å²) in [6.07, 6.45) is 4.34. The van der Waals surface area contributed by atoms with Gasteiger partial charge in [-0.25, -0.2) is 9.97 Å². The minimum absolute atomic E-state index is 0.561. The molecule has 0 spiro atoms. The van der Waals surface area contributed by atoms with E-state index in [1.165, 1.54) is 0 Å². The molecule has 0 atom stereocenters. The molecule has 0 radical (unpaired) electrons. The van der Waals surface area contributed by atoms with Crippen LogP contribution >= 0.6 is 0 Å². The molecule has 0 aromatic carbocycles. The van der Waals surface area contributed by atoms with Crippen LogP contribution in [0.1, 0.15) is 22.6 Å². The summed E-state index contributed by atoms with van der Waals surface area (Å²) in [4.78, 5) is 12.6. The van der Waals surface area contributed by atoms with Gasteiger partial charge in [0.2, 0.25) is 0 Å². The maximum absolute atomic E-state index is 5.81. The van der Waals surface area contributed by atoms with Gasteiger partial charge in [0.15, 0.2) is 0 Å². The van der Waals surface area contributed by atoms with Crippen LogP contribution < -0.4 is 5.73 Å². The lowest BCUT2D eigenvalue weighted by molar-refractivity contribution is 0.947. The Kier molecular flexibility index (Phi) is 2.81. The van der Waals surface area contributed by atoms with Crippen LogP contribution in [-0.2, 0) is 6.42 Å². The largest absolute Gasteiger partial charge is 0.383 e. The number of nitrogen functional groups attached to an aromatic ring is 1. The van der Waals surface area contributed by atoms with E-state index in [1.807, 2.05) is 32.2 Å². The molecule has 2 rings (SSSR count). The van der Waals surface area contributed by atoms with Gasteiger partial charge in [0, 0.05) is 24.4 Å². The Morgan fingerprint density at radius 1 is 1.25 bits per heavy atom. The van der Waals surface area contributed by atoms with Crippen molar-refractivity contribution in [2.45, 2.75) is 20.3 Å². The summed E-state index contributed by atoms with van der Waals surface area (Å²) in [5.74, 6) is 1.27. The Bertz CT molecular complexity index is 494. The van der Waals surface area contributed by atoms with Crippen LogP contribution in [0.25, 0.3) is 0 Å². The molecule has 0 aliphatic heterocycles. The second kappa shape index (κ2) is 4.26. The van der Waals surface area contributed by atoms with Crippen LogP contribution in [0.15, 0.2) is 24.5 Å². The molecule has 16 heavy (non-hydrogen) atoms. The molecule has 2 aromatic heterocycles. The van der Waals surface area contributed by atoms with Crippen molar-refractivity contribution in [1.82, 2.24) is 15.0 Å². The van der Waals surface area contributed by atoms with Crippen LogP contribution in [0.2, 0.25) is 0 Å². The summed E-state index contributed by atoms with van der Waals surface area (Å²) < 4.78 is 0. The van der Waals surface area contributed by atoms with Crippen molar-refractivity contribution in [3.63, 3.8) is 0 Å². The van der Waals surface area contributed by atoms with Crippen molar-refractivity contribution >= 4 is 5.82 Å². The number of nitrogens with zero attached hydrogens (tertiary/aromatic N) is 3. The Morgan fingerprint density at radius 2 is 2.06 bits per heavy atom. The average molecular weight is 214 g/mol. The lowest BCUT2D eigenvalue weighted by Gasteiger charge is -2.07. The maximum Gasteiger partial charge on any atom is 0.130 e. The number of hydrogen-bond acceptors (Lipinski definition) is 4. The zero-order chi connectivity index (χ0) is 11.5. The third-order valence-corrected chi connectivity index (χ3v) is 2.49. The molecule has 0 fully saturated rings. The number of pyridine rings is 1. The third kappa shape index (κ3) is 2.16. The zero-order valence-electron chi connectivity index (χ0n) is 9.44. The number of rotatable bonds is 2. The molecule has 2 N–H and O–H groups in total. The summed E-state index contributed by atoms with van der Waals surface area (Å²) in [7, 11) is 0. The van der Waals surface area contributed by atoms with Crippen LogP contribution in [0.3, 0.4) is 0 Å². The Labute approximate surface area is 94.6 Å². The van der Waals surface area contributed by atoms with E-state index in [0.717, 1.165) is 23.2 Å². The van der Waals surface area contributed by atoms with Gasteiger partial charge < -0.3 is 5.73 Å². The molecule has 0 aliphatic carbocycles. The van der Waals surface area contributed by atoms with E-state index < -0.39 is 0 Å². The van der Waals surface area contributed by atoms with Gasteiger partial charge in [0.1, 0.15) is 11.6 Å². The number of anilines is 1. The Balaban J connectivity index is 2.35. The number of hydrogen-bond donors (Lipinski definition) is 1. The van der Waals surface area contributed by atoms with Gasteiger partial charge in [-0.05, 0) is 25.5 Å². The van der Waals surface area contributed by atoms with Crippen molar-refractivity contribution in [2.24, 2.45) is 0 Å². The van der Waals surface area contributed by atoms with E-state index in [9.17, 15) is 0 Å². The van der Waals surface area contributed by atoms with E-state index >= 15 is 0 Å². The predicted octanol–water partition coefficient (Wildman–Crippen LogP) is 1.66. The monoisotopic (exact) mass is 214 g/mol. The van der Waals surface area contributed by atoms with E-state index in [0.29, 0.717) is 11.6 Å². The summed E-state index contributed by atoms with van der Waals surface area (Å²) in [5.41, 5.74) is 8.86. The molecule has 0 bridgehead atoms. The van der Waals surface area contributed by atoms with Crippen LogP contribution in [0, 0.1) is 13.8 Å². The van der Waals surface area contributed by atoms with Crippen molar-refractivity contribution in [2.75, 3.05) is 5.73 Å². The van der Waals surface area contributed by atoms with Crippen molar-refractivity contribution in [3.05, 3.63) is 47.2 Å². The van der Waals surface area contributed by atoms with Crippen molar-refractivity contribution in [3.8, 4) is 0 Å². The first-order chi connectivity index (χ1) is 7.66. The SMILES string of the molecule is Cc1nc(N)c(C)c(Cc2cccnc2)n1. The molecule has 2 heterocycles. The lowest BCUT2D eigenvalue weighted by Crippen LogP contribution is -2.05. The highest BCUT2D eigenvalue weighted by Gasteiger charge is 2.07. The molecular weight excluding hydrogens is 200 g/mol. The van der Waals surface area contributed by atoms with Gasteiger partial charge in [-0.2, -0.15) is 0 Å². The van der Waals surface area contributed by atoms with E-state index in [4.69, 9.17) is 5.73 Å². The van der Waals surface area contributed by atoms with Crippen molar-refractivity contribution < 1.29 is 0 Å². The molecule has 0 saturated carbocycles. The summed E-state index contributed by atoms with van der Waals surface area (Å²) in [5, 5.41) is 0. The lowest BCUT2D eigenvalue weighted by atomic mass is 10.1. The smallest absolute Gasteiger partial charge is 0.130 e. The van der Waals surface area contributed by atoms with E-state index in [-0.39, 0.29) is 0 Å². The minimum Gasteiger partial charge on any atom is -0.383 e. The van der Waals surface area contributed by atoms with Gasteiger partial charge in [-0.1, -0.05) is 6.07 Å². The van der Waals surface area contributed by atoms with Gasteiger partial charge in [0.25, 0.3) is 0 Å². The maximum atomic E-state index is 5.81. The number of aryl methyl sites for hydroxylation is 1. The van der Waals surface area contributed by atoms with Gasteiger partial charge in [0.05, 0.1) is 5.69 Å². The Hall–Kier alpha value is -1.97. The fraction of sp³-hybridized carbons (Fsp3) is 0.250. The first kappa shape index (κ1) is 10.5. The fourth-order valence-corrected chi connectivity index (χ4v) is 1.58. The summed E-state index contributed by atoms with van der Waals surface area (Å²) in [6, 6.07) is 3.95. The van der Waals surface area contributed by atoms with Crippen LogP contribution in [-0.4, -0.2) is 15.0 Å². The number of nitrogens with two attached hydrogens (primary N) is 1. The summed E-state index contributed by atoms with van der Waals surface area (Å²) in [6.45, 7) is 3.79. The molecular formula is C12H14N4. The standard InChI is InChI=1S/C12H14N4/c1-8-11(15-9(2)16-12(8)13)6-10-4-3-5-14-7-10/h3-5,7H,6H2,1-2H3,(H2,13,15,16). The van der Waals surface area contributed by atoms with Crippen molar-refractivity contribution in [1.29, 1.82) is 0 Å². The molecule has 2 aromatic rings. The normalized spacial score (nSPS) is 10.4. The third-order valence-electron chi connectivity index (χ3n) is 2.49. The minimum atomic E-state index is 0.561. The molecule has 0 unspecified atom stereocenters. The highest BCUT2D eigenvalue weighted by molar-refractivity contribution is 5.42. The van der Waals surface area contributed by atoms with Crippen LogP contribution in [0.5, 0.6) is 0 Å². The molecule has 4 nitrogen and oxygen atoms in total. The molecule has 4 heteroatoms. The predicted molar refractivity (Wildman–Crippen MR) is 63.0 cm³/mol. The van der Waals surface area contributed by atoms with E-state index in [1.54, 1.807) is 6.20 Å². The second-order valence-electron chi connectivity index (χ2n) is 3.77. The quantitative estimate of drug-likeness (QED) is 0.825. The first-order valence-electron chi connectivity index (χ1n) is 5.15. The second-order valence-corrected chi connectivity index (χ2v) is 3.77. The zero-order valence-corrected chi connectivity index (χ0v) is 9.44. The number of aromatic nitrogens is 3. The van der Waals surface area contributed by atoms with Crippen LogP contribution in [0.4, 0.5) is 5.82 Å². The topological polar surface area (TPSA) is 64.7 Å². The fourth-order valence-electron chi connectivity index (χ4n) is 1.58. The van der Waals surface area contributed by atoms with Gasteiger partial charge in [-0.15, -0.1) is 0 Å². The summed E-state index contributed by atoms with van der Waals surface area (Å²) >= 11 is 0. The average Bonchev–Trinajstić information content (AvgIpc) is 2.27. The van der Waals surface area contributed by atoms with Gasteiger partial charge >= 0.3 is 0 Å². The Morgan fingerprint density at radius 3 is 2.75 bits per heavy atom. The highest BCUT2D eigenvalue weighted by Crippen LogP contribution is 2.15. The van der Waals surface area contributed by atoms with Gasteiger partial charge in [-0.3, -0.25) is 4.98 Å². The molecule has 82 valence electrons.